The number of hydrogen-bond acceptors (Lipinski definition) is 9. The minimum atomic E-state index is -0.939. The number of ether oxygens (including phenoxy) is 1. The van der Waals surface area contributed by atoms with Crippen LogP contribution < -0.4 is 10.6 Å². The molecule has 2 amide bonds. The van der Waals surface area contributed by atoms with Crippen molar-refractivity contribution in [2.45, 2.75) is 63.5 Å². The lowest BCUT2D eigenvalue weighted by molar-refractivity contribution is -0.128. The molecule has 0 unspecified atom stereocenters. The highest BCUT2D eigenvalue weighted by Crippen LogP contribution is 2.30. The van der Waals surface area contributed by atoms with Gasteiger partial charge in [0.15, 0.2) is 5.58 Å². The Morgan fingerprint density at radius 3 is 2.49 bits per heavy atom. The van der Waals surface area contributed by atoms with Gasteiger partial charge in [0.1, 0.15) is 16.1 Å². The first kappa shape index (κ1) is 31.1. The van der Waals surface area contributed by atoms with Gasteiger partial charge in [-0.15, -0.1) is 11.3 Å². The predicted octanol–water partition coefficient (Wildman–Crippen LogP) is 5.39. The van der Waals surface area contributed by atoms with Crippen molar-refractivity contribution in [1.82, 2.24) is 25.5 Å². The molecule has 1 aliphatic carbocycles. The molecule has 236 valence electrons. The number of unbranched alkanes of at least 4 members (excludes halogenated alkanes) is 1. The summed E-state index contributed by atoms with van der Waals surface area (Å²) in [7, 11) is 0. The number of hydrogen-bond donors (Lipinski definition) is 2. The van der Waals surface area contributed by atoms with Gasteiger partial charge in [-0.2, -0.15) is 0 Å². The highest BCUT2D eigenvalue weighted by atomic mass is 32.1. The van der Waals surface area contributed by atoms with E-state index in [-0.39, 0.29) is 29.9 Å². The lowest BCUT2D eigenvalue weighted by Gasteiger charge is -2.36. The number of oxazole rings is 1. The topological polar surface area (TPSA) is 127 Å². The molecule has 0 bridgehead atoms. The predicted molar refractivity (Wildman–Crippen MR) is 172 cm³/mol. The van der Waals surface area contributed by atoms with Gasteiger partial charge in [0.05, 0.1) is 25.5 Å². The summed E-state index contributed by atoms with van der Waals surface area (Å²) >= 11 is 1.64. The zero-order valence-electron chi connectivity index (χ0n) is 25.4. The van der Waals surface area contributed by atoms with Crippen molar-refractivity contribution in [2.24, 2.45) is 0 Å². The van der Waals surface area contributed by atoms with Gasteiger partial charge in [-0.3, -0.25) is 19.3 Å². The van der Waals surface area contributed by atoms with Crippen LogP contribution in [0.25, 0.3) is 22.4 Å². The average molecular weight is 630 g/mol. The standard InChI is InChI=1S/C34H39N5O5S/c40-28(32-37-26-8-2-3-10-29(26)44-32)9-4-7-17-35-33(42)34(15-5-1-6-16-34)38-31(41)25-13-11-24(12-14-25)27-23-45-30(36-27)22-39-18-20-43-21-19-39/h2-3,8,10-14,23H,1,4-7,9,15-22H2,(H,35,42)(H,38,41). The molecule has 2 aromatic heterocycles. The average Bonchev–Trinajstić information content (AvgIpc) is 3.73. The van der Waals surface area contributed by atoms with E-state index < -0.39 is 5.54 Å². The van der Waals surface area contributed by atoms with Gasteiger partial charge in [-0.05, 0) is 49.9 Å². The minimum absolute atomic E-state index is 0.122. The highest BCUT2D eigenvalue weighted by Gasteiger charge is 2.40. The number of carbonyl (C=O) groups is 3. The van der Waals surface area contributed by atoms with Crippen LogP contribution in [0.2, 0.25) is 0 Å². The van der Waals surface area contributed by atoms with E-state index >= 15 is 0 Å². The first-order chi connectivity index (χ1) is 22.0. The summed E-state index contributed by atoms with van der Waals surface area (Å²) in [6, 6.07) is 14.7. The minimum Gasteiger partial charge on any atom is -0.434 e. The molecule has 3 heterocycles. The van der Waals surface area contributed by atoms with E-state index in [1.54, 1.807) is 29.5 Å². The van der Waals surface area contributed by atoms with E-state index in [0.29, 0.717) is 48.9 Å². The first-order valence-electron chi connectivity index (χ1n) is 15.8. The third-order valence-electron chi connectivity index (χ3n) is 8.60. The molecule has 0 spiro atoms. The number of nitrogens with one attached hydrogen (secondary N) is 2. The summed E-state index contributed by atoms with van der Waals surface area (Å²) in [5.74, 6) is -0.443. The summed E-state index contributed by atoms with van der Waals surface area (Å²) in [4.78, 5) is 50.8. The van der Waals surface area contributed by atoms with E-state index in [1.807, 2.05) is 30.3 Å². The van der Waals surface area contributed by atoms with Crippen molar-refractivity contribution < 1.29 is 23.5 Å². The van der Waals surface area contributed by atoms with Crippen molar-refractivity contribution in [1.29, 1.82) is 0 Å². The molecule has 2 fully saturated rings. The Kier molecular flexibility index (Phi) is 9.97. The number of carbonyl (C=O) groups excluding carboxylic acids is 3. The number of aromatic nitrogens is 2. The maximum absolute atomic E-state index is 13.5. The van der Waals surface area contributed by atoms with Crippen LogP contribution in [0.5, 0.6) is 0 Å². The monoisotopic (exact) mass is 629 g/mol. The third-order valence-corrected chi connectivity index (χ3v) is 9.43. The van der Waals surface area contributed by atoms with Crippen LogP contribution in [0.1, 0.15) is 77.4 Å². The Labute approximate surface area is 266 Å². The van der Waals surface area contributed by atoms with E-state index in [0.717, 1.165) is 68.4 Å². The Hall–Kier alpha value is -3.93. The first-order valence-corrected chi connectivity index (χ1v) is 16.7. The Morgan fingerprint density at radius 2 is 1.71 bits per heavy atom. The summed E-state index contributed by atoms with van der Waals surface area (Å²) in [5, 5.41) is 9.24. The number of morpholine rings is 1. The van der Waals surface area contributed by atoms with Crippen molar-refractivity contribution >= 4 is 40.0 Å². The maximum Gasteiger partial charge on any atom is 0.264 e. The van der Waals surface area contributed by atoms with Crippen molar-refractivity contribution in [2.75, 3.05) is 32.8 Å². The summed E-state index contributed by atoms with van der Waals surface area (Å²) in [6.45, 7) is 4.60. The molecule has 1 saturated carbocycles. The van der Waals surface area contributed by atoms with Crippen molar-refractivity contribution in [3.05, 3.63) is 70.4 Å². The molecule has 45 heavy (non-hydrogen) atoms. The Balaban J connectivity index is 0.998. The van der Waals surface area contributed by atoms with Gasteiger partial charge in [0.25, 0.3) is 11.8 Å². The fourth-order valence-corrected chi connectivity index (χ4v) is 6.84. The number of amides is 2. The molecule has 0 radical (unpaired) electrons. The molecular weight excluding hydrogens is 590 g/mol. The van der Waals surface area contributed by atoms with Gasteiger partial charge in [0, 0.05) is 42.6 Å². The van der Waals surface area contributed by atoms with Crippen molar-refractivity contribution in [3.63, 3.8) is 0 Å². The molecule has 2 N–H and O–H groups in total. The molecule has 1 aliphatic heterocycles. The lowest BCUT2D eigenvalue weighted by Crippen LogP contribution is -2.59. The number of nitrogens with zero attached hydrogens (tertiary/aromatic N) is 3. The normalized spacial score (nSPS) is 16.8. The summed E-state index contributed by atoms with van der Waals surface area (Å²) in [6.07, 6.45) is 5.51. The fraction of sp³-hybridized carbons (Fsp3) is 0.441. The van der Waals surface area contributed by atoms with Gasteiger partial charge in [-0.25, -0.2) is 9.97 Å². The highest BCUT2D eigenvalue weighted by molar-refractivity contribution is 7.09. The number of thiazole rings is 1. The summed E-state index contributed by atoms with van der Waals surface area (Å²) in [5.41, 5.74) is 2.68. The van der Waals surface area contributed by atoms with Gasteiger partial charge < -0.3 is 19.8 Å². The number of rotatable bonds is 12. The maximum atomic E-state index is 13.5. The van der Waals surface area contributed by atoms with Gasteiger partial charge >= 0.3 is 0 Å². The molecule has 4 aromatic rings. The van der Waals surface area contributed by atoms with Crippen LogP contribution in [0, 0.1) is 0 Å². The lowest BCUT2D eigenvalue weighted by atomic mass is 9.80. The largest absolute Gasteiger partial charge is 0.434 e. The van der Waals surface area contributed by atoms with Crippen LogP contribution in [-0.4, -0.2) is 70.9 Å². The molecule has 10 nitrogen and oxygen atoms in total. The third kappa shape index (κ3) is 7.66. The van der Waals surface area contributed by atoms with Crippen LogP contribution in [0.4, 0.5) is 0 Å². The number of Topliss-reactive ketones (excluding diaryl/α,β-unsaturated/α-hetero) is 1. The fourth-order valence-electron chi connectivity index (χ4n) is 5.99. The number of ketones is 1. The summed E-state index contributed by atoms with van der Waals surface area (Å²) < 4.78 is 11.0. The Morgan fingerprint density at radius 1 is 0.933 bits per heavy atom. The number of para-hydroxylation sites is 2. The van der Waals surface area contributed by atoms with Crippen molar-refractivity contribution in [3.8, 4) is 11.3 Å². The van der Waals surface area contributed by atoms with Crippen LogP contribution >= 0.6 is 11.3 Å². The molecule has 2 aromatic carbocycles. The second kappa shape index (κ2) is 14.4. The molecule has 1 saturated heterocycles. The van der Waals surface area contributed by atoms with Crippen LogP contribution in [0.15, 0.2) is 58.3 Å². The van der Waals surface area contributed by atoms with E-state index in [4.69, 9.17) is 14.1 Å². The smallest absolute Gasteiger partial charge is 0.264 e. The van der Waals surface area contributed by atoms with Crippen LogP contribution in [-0.2, 0) is 16.1 Å². The second-order valence-electron chi connectivity index (χ2n) is 11.8. The quantitative estimate of drug-likeness (QED) is 0.158. The van der Waals surface area contributed by atoms with E-state index in [9.17, 15) is 14.4 Å². The second-order valence-corrected chi connectivity index (χ2v) is 12.8. The number of fused-ring (bicyclic) bond motifs is 1. The molecule has 11 heteroatoms. The van der Waals surface area contributed by atoms with E-state index in [1.165, 1.54) is 0 Å². The van der Waals surface area contributed by atoms with Crippen LogP contribution in [0.3, 0.4) is 0 Å². The van der Waals surface area contributed by atoms with Gasteiger partial charge in [-0.1, -0.05) is 43.5 Å². The Bertz CT molecular complexity index is 1590. The molecule has 0 atom stereocenters. The molecule has 2 aliphatic rings. The zero-order chi connectivity index (χ0) is 31.1. The van der Waals surface area contributed by atoms with Gasteiger partial charge in [0.2, 0.25) is 11.7 Å². The number of benzene rings is 2. The SMILES string of the molecule is O=C(NC1(C(=O)NCCCCC(=O)c2nc3ccccc3o2)CCCCC1)c1ccc(-c2csc(CN3CCOCC3)n2)cc1. The molecule has 6 rings (SSSR count). The van der Waals surface area contributed by atoms with E-state index in [2.05, 4.69) is 25.9 Å². The molecular formula is C34H39N5O5S. The zero-order valence-corrected chi connectivity index (χ0v) is 26.2.